The van der Waals surface area contributed by atoms with Gasteiger partial charge in [-0.2, -0.15) is 0 Å². The van der Waals surface area contributed by atoms with Crippen LogP contribution in [0.4, 0.5) is 0 Å². The van der Waals surface area contributed by atoms with Gasteiger partial charge in [0.25, 0.3) is 0 Å². The van der Waals surface area contributed by atoms with E-state index in [0.717, 1.165) is 8.58 Å². The van der Waals surface area contributed by atoms with Gasteiger partial charge < -0.3 is 0 Å². The first-order chi connectivity index (χ1) is 12.3. The third-order valence-electron chi connectivity index (χ3n) is 4.59. The van der Waals surface area contributed by atoms with Gasteiger partial charge >= 0.3 is 0 Å². The molecule has 2 heteroatoms. The van der Waals surface area contributed by atoms with Crippen molar-refractivity contribution in [3.63, 3.8) is 0 Å². The van der Waals surface area contributed by atoms with E-state index in [-0.39, 0.29) is 0 Å². The third kappa shape index (κ3) is 17.2. The van der Waals surface area contributed by atoms with E-state index in [1.54, 1.807) is 11.1 Å². The summed E-state index contributed by atoms with van der Waals surface area (Å²) in [7, 11) is 1.42. The molecule has 0 heterocycles. The van der Waals surface area contributed by atoms with Crippen LogP contribution in [0, 0.1) is 0 Å². The zero-order valence-electron chi connectivity index (χ0n) is 18.6. The Morgan fingerprint density at radius 1 is 0.692 bits per heavy atom. The van der Waals surface area contributed by atoms with Crippen LogP contribution in [0.15, 0.2) is 46.6 Å². The molecule has 26 heavy (non-hydrogen) atoms. The van der Waals surface area contributed by atoms with Crippen LogP contribution in [-0.4, -0.2) is 25.4 Å². The minimum atomic E-state index is 0.293. The Hall–Kier alpha value is -0.180. The molecule has 0 aromatic heterocycles. The second-order valence-corrected chi connectivity index (χ2v) is 12.1. The molecule has 0 saturated carbocycles. The van der Waals surface area contributed by atoms with Crippen molar-refractivity contribution in [3.05, 3.63) is 46.6 Å². The molecule has 2 atom stereocenters. The smallest absolute Gasteiger partial charge is 0.0153 e. The van der Waals surface area contributed by atoms with Gasteiger partial charge in [-0.05, 0) is 105 Å². The van der Waals surface area contributed by atoms with Crippen molar-refractivity contribution in [2.75, 3.05) is 25.4 Å². The first kappa shape index (κ1) is 25.8. The minimum absolute atomic E-state index is 0.293. The van der Waals surface area contributed by atoms with E-state index in [4.69, 9.17) is 0 Å². The maximum absolute atomic E-state index is 2.49. The normalized spacial score (nSPS) is 15.0. The van der Waals surface area contributed by atoms with E-state index in [1.165, 1.54) is 68.2 Å². The quantitative estimate of drug-likeness (QED) is 0.204. The highest BCUT2D eigenvalue weighted by Crippen LogP contribution is 2.37. The van der Waals surface area contributed by atoms with Gasteiger partial charge in [0.2, 0.25) is 0 Å². The average molecular weight is 395 g/mol. The number of allylic oxidation sites excluding steroid dienone is 8. The van der Waals surface area contributed by atoms with Crippen LogP contribution < -0.4 is 0 Å². The zero-order valence-corrected chi connectivity index (χ0v) is 20.5. The van der Waals surface area contributed by atoms with Gasteiger partial charge in [0.05, 0.1) is 0 Å². The highest BCUT2D eigenvalue weighted by molar-refractivity contribution is 7.67. The van der Waals surface area contributed by atoms with Crippen LogP contribution in [-0.2, 0) is 0 Å². The minimum Gasteiger partial charge on any atom is -0.121 e. The van der Waals surface area contributed by atoms with Crippen molar-refractivity contribution < 1.29 is 0 Å². The molecule has 0 saturated heterocycles. The average Bonchev–Trinajstić information content (AvgIpc) is 2.54. The van der Waals surface area contributed by atoms with Crippen molar-refractivity contribution >= 4 is 16.5 Å². The molecule has 2 unspecified atom stereocenters. The fourth-order valence-corrected chi connectivity index (χ4v) is 6.23. The molecule has 0 fully saturated rings. The Morgan fingerprint density at radius 3 is 1.54 bits per heavy atom. The lowest BCUT2D eigenvalue weighted by molar-refractivity contribution is 0.898. The standard InChI is InChI=1S/C24H44P2/c1-21(2)12-8-13-22(3)14-9-15-23(4)16-10-17-24(5)18-11-19-26(7)20-25-6/h12,14,16,18,25H,8-11,13,15,17,19-20H2,1-7H3/b22-14+,23-16+,24-18+. The summed E-state index contributed by atoms with van der Waals surface area (Å²) in [5.41, 5.74) is 6.09. The molecule has 0 aromatic carbocycles. The summed E-state index contributed by atoms with van der Waals surface area (Å²) in [5.74, 6) is 1.47. The van der Waals surface area contributed by atoms with Crippen LogP contribution in [0.5, 0.6) is 0 Å². The Balaban J connectivity index is 3.97. The molecule has 0 aliphatic heterocycles. The molecule has 0 N–H and O–H groups in total. The number of hydrogen-bond acceptors (Lipinski definition) is 0. The summed E-state index contributed by atoms with van der Waals surface area (Å²) in [5, 5.41) is 0. The topological polar surface area (TPSA) is 0 Å². The maximum Gasteiger partial charge on any atom is -0.0153 e. The fraction of sp³-hybridized carbons (Fsp3) is 0.667. The highest BCUT2D eigenvalue weighted by atomic mass is 31.2. The summed E-state index contributed by atoms with van der Waals surface area (Å²) < 4.78 is 0. The van der Waals surface area contributed by atoms with Crippen LogP contribution in [0.3, 0.4) is 0 Å². The van der Waals surface area contributed by atoms with Gasteiger partial charge in [0.15, 0.2) is 0 Å². The largest absolute Gasteiger partial charge is 0.121 e. The van der Waals surface area contributed by atoms with Crippen molar-refractivity contribution in [1.29, 1.82) is 0 Å². The lowest BCUT2D eigenvalue weighted by Crippen LogP contribution is -1.85. The van der Waals surface area contributed by atoms with Crippen molar-refractivity contribution in [1.82, 2.24) is 0 Å². The van der Waals surface area contributed by atoms with Gasteiger partial charge in [-0.3, -0.25) is 0 Å². The predicted octanol–water partition coefficient (Wildman–Crippen LogP) is 8.90. The molecule has 0 aromatic rings. The zero-order chi connectivity index (χ0) is 19.8. The highest BCUT2D eigenvalue weighted by Gasteiger charge is 1.98. The van der Waals surface area contributed by atoms with E-state index in [0.29, 0.717) is 7.92 Å². The fourth-order valence-electron chi connectivity index (χ4n) is 2.87. The molecular weight excluding hydrogens is 350 g/mol. The number of hydrogen-bond donors (Lipinski definition) is 0. The first-order valence-corrected chi connectivity index (χ1v) is 14.1. The van der Waals surface area contributed by atoms with E-state index in [2.05, 4.69) is 72.3 Å². The predicted molar refractivity (Wildman–Crippen MR) is 130 cm³/mol. The van der Waals surface area contributed by atoms with Gasteiger partial charge in [-0.25, -0.2) is 0 Å². The summed E-state index contributed by atoms with van der Waals surface area (Å²) in [6.45, 7) is 16.0. The Bertz CT molecular complexity index is 476. The first-order valence-electron chi connectivity index (χ1n) is 10.3. The van der Waals surface area contributed by atoms with Crippen LogP contribution in [0.1, 0.15) is 79.6 Å². The van der Waals surface area contributed by atoms with Gasteiger partial charge in [0.1, 0.15) is 0 Å². The molecule has 0 radical (unpaired) electrons. The lowest BCUT2D eigenvalue weighted by Gasteiger charge is -2.09. The maximum atomic E-state index is 2.49. The monoisotopic (exact) mass is 394 g/mol. The molecule has 0 spiro atoms. The summed E-state index contributed by atoms with van der Waals surface area (Å²) in [6, 6.07) is 0. The van der Waals surface area contributed by atoms with Crippen molar-refractivity contribution in [2.45, 2.75) is 79.6 Å². The molecule has 150 valence electrons. The second kappa shape index (κ2) is 17.0. The van der Waals surface area contributed by atoms with E-state index >= 15 is 0 Å². The molecule has 0 nitrogen and oxygen atoms in total. The second-order valence-electron chi connectivity index (χ2n) is 7.93. The van der Waals surface area contributed by atoms with E-state index in [1.807, 2.05) is 0 Å². The van der Waals surface area contributed by atoms with Crippen LogP contribution in [0.2, 0.25) is 0 Å². The Kier molecular flexibility index (Phi) is 16.8. The Morgan fingerprint density at radius 2 is 1.12 bits per heavy atom. The summed E-state index contributed by atoms with van der Waals surface area (Å²) in [4.78, 5) is 0. The summed E-state index contributed by atoms with van der Waals surface area (Å²) in [6.07, 6.45) is 19.6. The third-order valence-corrected chi connectivity index (χ3v) is 9.03. The molecule has 0 aliphatic rings. The molecule has 0 bridgehead atoms. The lowest BCUT2D eigenvalue weighted by atomic mass is 10.0. The molecular formula is C24H44P2. The van der Waals surface area contributed by atoms with Gasteiger partial charge in [-0.15, -0.1) is 16.5 Å². The van der Waals surface area contributed by atoms with Crippen LogP contribution in [0.25, 0.3) is 0 Å². The molecule has 0 amide bonds. The van der Waals surface area contributed by atoms with Gasteiger partial charge in [0, 0.05) is 0 Å². The van der Waals surface area contributed by atoms with Crippen molar-refractivity contribution in [3.8, 4) is 0 Å². The van der Waals surface area contributed by atoms with E-state index in [9.17, 15) is 0 Å². The van der Waals surface area contributed by atoms with E-state index < -0.39 is 0 Å². The molecule has 0 aliphatic carbocycles. The van der Waals surface area contributed by atoms with Gasteiger partial charge in [-0.1, -0.05) is 46.6 Å². The summed E-state index contributed by atoms with van der Waals surface area (Å²) >= 11 is 0. The molecule has 0 rings (SSSR count). The Labute approximate surface area is 168 Å². The van der Waals surface area contributed by atoms with Crippen LogP contribution >= 0.6 is 16.5 Å². The number of rotatable bonds is 14. The SMILES string of the molecule is CPCP(C)CC/C=C(\C)CC/C=C(\C)CC/C=C(\C)CCC=C(C)C. The van der Waals surface area contributed by atoms with Crippen molar-refractivity contribution in [2.24, 2.45) is 0 Å².